The zero-order valence-electron chi connectivity index (χ0n) is 13.2. The lowest BCUT2D eigenvalue weighted by Gasteiger charge is -2.08. The Morgan fingerprint density at radius 2 is 2.04 bits per heavy atom. The van der Waals surface area contributed by atoms with Crippen LogP contribution in [0.4, 0.5) is 0 Å². The zero-order chi connectivity index (χ0) is 17.8. The molecule has 0 saturated heterocycles. The molecule has 25 heavy (non-hydrogen) atoms. The lowest BCUT2D eigenvalue weighted by molar-refractivity contribution is 0.341. The van der Waals surface area contributed by atoms with Gasteiger partial charge in [0.15, 0.2) is 5.82 Å². The molecule has 2 aromatic carbocycles. The number of aromatic nitrogens is 3. The van der Waals surface area contributed by atoms with Crippen LogP contribution in [0.3, 0.4) is 0 Å². The molecule has 0 fully saturated rings. The first-order valence-electron chi connectivity index (χ1n) is 7.49. The molecule has 3 aromatic rings. The number of hydrogen-bond donors (Lipinski definition) is 1. The SMILES string of the molecule is CCOc1ccccc1-c1n[nH]c(=S)n1/N=C\c1cccc(Cl)c1Cl. The van der Waals surface area contributed by atoms with Crippen molar-refractivity contribution < 1.29 is 4.74 Å². The quantitative estimate of drug-likeness (QED) is 0.479. The van der Waals surface area contributed by atoms with Crippen LogP contribution in [-0.2, 0) is 0 Å². The van der Waals surface area contributed by atoms with Crippen LogP contribution in [0.2, 0.25) is 10.0 Å². The molecule has 0 saturated carbocycles. The molecule has 3 rings (SSSR count). The first-order chi connectivity index (χ1) is 12.1. The number of hydrogen-bond acceptors (Lipinski definition) is 4. The fourth-order valence-corrected chi connectivity index (χ4v) is 2.78. The number of ether oxygens (including phenoxy) is 1. The number of rotatable bonds is 5. The lowest BCUT2D eigenvalue weighted by atomic mass is 10.2. The highest BCUT2D eigenvalue weighted by Crippen LogP contribution is 2.29. The minimum absolute atomic E-state index is 0.357. The third-order valence-corrected chi connectivity index (χ3v) is 4.47. The van der Waals surface area contributed by atoms with E-state index in [1.54, 1.807) is 18.3 Å². The Kier molecular flexibility index (Phi) is 5.53. The van der Waals surface area contributed by atoms with E-state index in [1.807, 2.05) is 37.3 Å². The summed E-state index contributed by atoms with van der Waals surface area (Å²) >= 11 is 17.5. The van der Waals surface area contributed by atoms with Crippen molar-refractivity contribution >= 4 is 41.6 Å². The van der Waals surface area contributed by atoms with Gasteiger partial charge in [-0.15, -0.1) is 0 Å². The summed E-state index contributed by atoms with van der Waals surface area (Å²) < 4.78 is 7.54. The molecular formula is C17H14Cl2N4OS. The second-order valence-electron chi connectivity index (χ2n) is 4.98. The maximum atomic E-state index is 6.19. The molecule has 8 heteroatoms. The Morgan fingerprint density at radius 3 is 2.84 bits per heavy atom. The third kappa shape index (κ3) is 3.76. The summed E-state index contributed by atoms with van der Waals surface area (Å²) in [4.78, 5) is 0. The molecular weight excluding hydrogens is 379 g/mol. The summed E-state index contributed by atoms with van der Waals surface area (Å²) in [5.74, 6) is 1.25. The van der Waals surface area contributed by atoms with Crippen molar-refractivity contribution in [1.29, 1.82) is 0 Å². The van der Waals surface area contributed by atoms with Crippen LogP contribution in [0, 0.1) is 4.77 Å². The van der Waals surface area contributed by atoms with Gasteiger partial charge >= 0.3 is 0 Å². The highest BCUT2D eigenvalue weighted by molar-refractivity contribution is 7.71. The number of halogens is 2. The number of benzene rings is 2. The van der Waals surface area contributed by atoms with Crippen LogP contribution in [0.1, 0.15) is 12.5 Å². The van der Waals surface area contributed by atoms with Gasteiger partial charge in [-0.1, -0.05) is 47.5 Å². The molecule has 1 heterocycles. The second kappa shape index (κ2) is 7.82. The van der Waals surface area contributed by atoms with E-state index in [1.165, 1.54) is 4.68 Å². The minimum atomic E-state index is 0.357. The van der Waals surface area contributed by atoms with Gasteiger partial charge in [-0.3, -0.25) is 0 Å². The smallest absolute Gasteiger partial charge is 0.216 e. The summed E-state index contributed by atoms with van der Waals surface area (Å²) in [5, 5.41) is 12.3. The molecule has 0 aliphatic heterocycles. The monoisotopic (exact) mass is 392 g/mol. The number of nitrogens with zero attached hydrogens (tertiary/aromatic N) is 3. The van der Waals surface area contributed by atoms with Crippen LogP contribution < -0.4 is 4.74 Å². The average Bonchev–Trinajstić information content (AvgIpc) is 2.98. The molecule has 0 aliphatic carbocycles. The molecule has 0 atom stereocenters. The highest BCUT2D eigenvalue weighted by Gasteiger charge is 2.13. The molecule has 0 unspecified atom stereocenters. The second-order valence-corrected chi connectivity index (χ2v) is 6.15. The first-order valence-corrected chi connectivity index (χ1v) is 8.66. The van der Waals surface area contributed by atoms with E-state index in [9.17, 15) is 0 Å². The van der Waals surface area contributed by atoms with Crippen molar-refractivity contribution in [3.05, 3.63) is 62.8 Å². The molecule has 0 aliphatic rings. The number of nitrogens with one attached hydrogen (secondary N) is 1. The molecule has 0 amide bonds. The highest BCUT2D eigenvalue weighted by atomic mass is 35.5. The van der Waals surface area contributed by atoms with Gasteiger partial charge in [0.1, 0.15) is 5.75 Å². The maximum absolute atomic E-state index is 6.19. The topological polar surface area (TPSA) is 55.2 Å². The maximum Gasteiger partial charge on any atom is 0.216 e. The summed E-state index contributed by atoms with van der Waals surface area (Å²) in [5.41, 5.74) is 1.47. The van der Waals surface area contributed by atoms with Gasteiger partial charge in [-0.25, -0.2) is 5.10 Å². The van der Waals surface area contributed by atoms with Gasteiger partial charge in [0.05, 0.1) is 28.4 Å². The molecule has 0 bridgehead atoms. The van der Waals surface area contributed by atoms with Crippen LogP contribution in [0.15, 0.2) is 47.6 Å². The van der Waals surface area contributed by atoms with Gasteiger partial charge < -0.3 is 4.74 Å². The van der Waals surface area contributed by atoms with Gasteiger partial charge in [-0.2, -0.15) is 14.9 Å². The van der Waals surface area contributed by atoms with E-state index in [2.05, 4.69) is 15.3 Å². The predicted octanol–water partition coefficient (Wildman–Crippen LogP) is 5.20. The van der Waals surface area contributed by atoms with Crippen molar-refractivity contribution in [2.45, 2.75) is 6.92 Å². The van der Waals surface area contributed by atoms with E-state index in [-0.39, 0.29) is 0 Å². The summed E-state index contributed by atoms with van der Waals surface area (Å²) in [7, 11) is 0. The van der Waals surface area contributed by atoms with Gasteiger partial charge in [0.2, 0.25) is 4.77 Å². The number of H-pyrrole nitrogens is 1. The largest absolute Gasteiger partial charge is 0.493 e. The van der Waals surface area contributed by atoms with Gasteiger partial charge in [0.25, 0.3) is 0 Å². The summed E-state index contributed by atoms with van der Waals surface area (Å²) in [6.45, 7) is 2.47. The lowest BCUT2D eigenvalue weighted by Crippen LogP contribution is -1.99. The average molecular weight is 393 g/mol. The van der Waals surface area contributed by atoms with Crippen molar-refractivity contribution in [2.75, 3.05) is 6.61 Å². The van der Waals surface area contributed by atoms with Gasteiger partial charge in [0, 0.05) is 5.56 Å². The van der Waals surface area contributed by atoms with Crippen molar-refractivity contribution in [2.24, 2.45) is 5.10 Å². The Hall–Kier alpha value is -2.15. The Morgan fingerprint density at radius 1 is 1.24 bits per heavy atom. The normalized spacial score (nSPS) is 11.2. The Labute approximate surface area is 159 Å². The minimum Gasteiger partial charge on any atom is -0.493 e. The Balaban J connectivity index is 2.05. The van der Waals surface area contributed by atoms with Crippen LogP contribution in [0.25, 0.3) is 11.4 Å². The van der Waals surface area contributed by atoms with Crippen molar-refractivity contribution in [1.82, 2.24) is 14.9 Å². The molecule has 0 radical (unpaired) electrons. The van der Waals surface area contributed by atoms with Gasteiger partial charge in [-0.05, 0) is 37.3 Å². The summed E-state index contributed by atoms with van der Waals surface area (Å²) in [6.07, 6.45) is 1.59. The number of aromatic amines is 1. The van der Waals surface area contributed by atoms with E-state index < -0.39 is 0 Å². The third-order valence-electron chi connectivity index (χ3n) is 3.37. The first kappa shape index (κ1) is 17.7. The zero-order valence-corrected chi connectivity index (χ0v) is 15.6. The van der Waals surface area contributed by atoms with Crippen molar-refractivity contribution in [3.8, 4) is 17.1 Å². The van der Waals surface area contributed by atoms with Crippen LogP contribution >= 0.6 is 35.4 Å². The van der Waals surface area contributed by atoms with E-state index >= 15 is 0 Å². The molecule has 0 spiro atoms. The number of para-hydroxylation sites is 1. The Bertz CT molecular complexity index is 981. The van der Waals surface area contributed by atoms with Crippen LogP contribution in [0.5, 0.6) is 5.75 Å². The molecule has 5 nitrogen and oxygen atoms in total. The molecule has 128 valence electrons. The summed E-state index contributed by atoms with van der Waals surface area (Å²) in [6, 6.07) is 12.9. The van der Waals surface area contributed by atoms with E-state index in [0.29, 0.717) is 38.6 Å². The molecule has 1 aromatic heterocycles. The van der Waals surface area contributed by atoms with Crippen molar-refractivity contribution in [3.63, 3.8) is 0 Å². The fraction of sp³-hybridized carbons (Fsp3) is 0.118. The fourth-order valence-electron chi connectivity index (χ4n) is 2.25. The van der Waals surface area contributed by atoms with E-state index in [0.717, 1.165) is 5.56 Å². The molecule has 1 N–H and O–H groups in total. The van der Waals surface area contributed by atoms with E-state index in [4.69, 9.17) is 40.2 Å². The standard InChI is InChI=1S/C17H14Cl2N4OS/c1-2-24-14-9-4-3-7-12(14)16-21-22-17(25)23(16)20-10-11-6-5-8-13(18)15(11)19/h3-10H,2H2,1H3,(H,22,25)/b20-10-. The predicted molar refractivity (Wildman–Crippen MR) is 103 cm³/mol. The van der Waals surface area contributed by atoms with Crippen LogP contribution in [-0.4, -0.2) is 27.7 Å².